The first-order chi connectivity index (χ1) is 7.29. The molecule has 1 rings (SSSR count). The Morgan fingerprint density at radius 3 is 2.47 bits per heavy atom. The van der Waals surface area contributed by atoms with Gasteiger partial charge in [0.1, 0.15) is 0 Å². The lowest BCUT2D eigenvalue weighted by atomic mass is 9.88. The minimum absolute atomic E-state index is 0.323. The van der Waals surface area contributed by atoms with E-state index in [1.165, 1.54) is 19.3 Å². The lowest BCUT2D eigenvalue weighted by molar-refractivity contribution is -0.136. The molecule has 0 heterocycles. The molecule has 1 aliphatic rings. The maximum Gasteiger partial charge on any atom is 0.225 e. The van der Waals surface area contributed by atoms with Crippen LogP contribution < -0.4 is 0 Å². The molecule has 88 valence electrons. The van der Waals surface area contributed by atoms with E-state index in [-0.39, 0.29) is 0 Å². The van der Waals surface area contributed by atoms with E-state index in [0.717, 1.165) is 37.7 Å². The number of halogens is 1. The van der Waals surface area contributed by atoms with Crippen molar-refractivity contribution in [1.82, 2.24) is 4.90 Å². The van der Waals surface area contributed by atoms with E-state index in [1.54, 1.807) is 0 Å². The molecule has 3 heteroatoms. The van der Waals surface area contributed by atoms with Crippen LogP contribution in [0.3, 0.4) is 0 Å². The van der Waals surface area contributed by atoms with Crippen LogP contribution in [0.4, 0.5) is 0 Å². The summed E-state index contributed by atoms with van der Waals surface area (Å²) in [5.74, 6) is 0.723. The van der Waals surface area contributed by atoms with Gasteiger partial charge in [-0.15, -0.1) is 0 Å². The highest BCUT2D eigenvalue weighted by Crippen LogP contribution is 2.25. The number of hydrogen-bond donors (Lipinski definition) is 0. The molecule has 0 N–H and O–H groups in total. The van der Waals surface area contributed by atoms with Crippen LogP contribution >= 0.6 is 15.9 Å². The number of carbonyl (C=O) groups is 1. The average Bonchev–Trinajstić information content (AvgIpc) is 2.29. The fourth-order valence-electron chi connectivity index (χ4n) is 2.31. The second kappa shape index (κ2) is 7.26. The van der Waals surface area contributed by atoms with Crippen LogP contribution in [0.5, 0.6) is 0 Å². The molecule has 0 saturated heterocycles. The van der Waals surface area contributed by atoms with Gasteiger partial charge in [-0.25, -0.2) is 0 Å². The zero-order valence-corrected chi connectivity index (χ0v) is 11.3. The Morgan fingerprint density at radius 2 is 1.93 bits per heavy atom. The molecular weight excluding hydrogens is 254 g/mol. The fourth-order valence-corrected chi connectivity index (χ4v) is 2.74. The fraction of sp³-hybridized carbons (Fsp3) is 0.917. The van der Waals surface area contributed by atoms with E-state index in [1.807, 2.05) is 4.90 Å². The molecule has 1 aliphatic carbocycles. The third-order valence-electron chi connectivity index (χ3n) is 3.11. The largest absolute Gasteiger partial charge is 0.342 e. The Hall–Kier alpha value is -0.0500. The van der Waals surface area contributed by atoms with Gasteiger partial charge >= 0.3 is 0 Å². The maximum absolute atomic E-state index is 12.2. The Balaban J connectivity index is 2.45. The van der Waals surface area contributed by atoms with E-state index in [4.69, 9.17) is 0 Å². The molecule has 0 aromatic heterocycles. The van der Waals surface area contributed by atoms with Crippen molar-refractivity contribution in [2.45, 2.75) is 45.4 Å². The van der Waals surface area contributed by atoms with Gasteiger partial charge in [0.15, 0.2) is 0 Å². The first-order valence-electron chi connectivity index (χ1n) is 6.14. The molecule has 1 fully saturated rings. The summed E-state index contributed by atoms with van der Waals surface area (Å²) in [7, 11) is 0. The summed E-state index contributed by atoms with van der Waals surface area (Å²) in [6.45, 7) is 3.92. The number of hydrogen-bond acceptors (Lipinski definition) is 1. The van der Waals surface area contributed by atoms with Gasteiger partial charge in [-0.05, 0) is 19.3 Å². The normalized spacial score (nSPS) is 17.7. The third kappa shape index (κ3) is 4.13. The summed E-state index contributed by atoms with van der Waals surface area (Å²) in [6.07, 6.45) is 7.08. The summed E-state index contributed by atoms with van der Waals surface area (Å²) in [6, 6.07) is 0. The van der Waals surface area contributed by atoms with Crippen LogP contribution in [-0.2, 0) is 4.79 Å². The molecule has 0 spiro atoms. The van der Waals surface area contributed by atoms with Crippen LogP contribution in [0.25, 0.3) is 0 Å². The van der Waals surface area contributed by atoms with Crippen molar-refractivity contribution >= 4 is 21.8 Å². The van der Waals surface area contributed by atoms with Crippen molar-refractivity contribution < 1.29 is 4.79 Å². The molecule has 0 unspecified atom stereocenters. The summed E-state index contributed by atoms with van der Waals surface area (Å²) < 4.78 is 0. The molecule has 0 atom stereocenters. The number of carbonyl (C=O) groups excluding carboxylic acids is 1. The van der Waals surface area contributed by atoms with Gasteiger partial charge < -0.3 is 4.90 Å². The number of amides is 1. The minimum Gasteiger partial charge on any atom is -0.342 e. The van der Waals surface area contributed by atoms with Crippen molar-refractivity contribution in [3.05, 3.63) is 0 Å². The Morgan fingerprint density at radius 1 is 1.27 bits per heavy atom. The van der Waals surface area contributed by atoms with Crippen LogP contribution in [0.1, 0.15) is 45.4 Å². The van der Waals surface area contributed by atoms with Gasteiger partial charge in [-0.1, -0.05) is 42.1 Å². The van der Waals surface area contributed by atoms with Gasteiger partial charge in [-0.3, -0.25) is 4.79 Å². The standard InChI is InChI=1S/C12H22BrNO/c1-2-9-14(10-8-13)12(15)11-6-4-3-5-7-11/h11H,2-10H2,1H3. The van der Waals surface area contributed by atoms with Crippen LogP contribution in [0.2, 0.25) is 0 Å². The van der Waals surface area contributed by atoms with Crippen LogP contribution in [-0.4, -0.2) is 29.2 Å². The van der Waals surface area contributed by atoms with Crippen LogP contribution in [0, 0.1) is 5.92 Å². The molecular formula is C12H22BrNO. The molecule has 0 bridgehead atoms. The van der Waals surface area contributed by atoms with E-state index in [9.17, 15) is 4.79 Å². The Labute approximate surface area is 102 Å². The van der Waals surface area contributed by atoms with Gasteiger partial charge in [0.2, 0.25) is 5.91 Å². The smallest absolute Gasteiger partial charge is 0.225 e. The minimum atomic E-state index is 0.323. The monoisotopic (exact) mass is 275 g/mol. The molecule has 0 radical (unpaired) electrons. The number of nitrogens with zero attached hydrogens (tertiary/aromatic N) is 1. The van der Waals surface area contributed by atoms with Gasteiger partial charge in [0.05, 0.1) is 0 Å². The highest BCUT2D eigenvalue weighted by Gasteiger charge is 2.24. The van der Waals surface area contributed by atoms with E-state index < -0.39 is 0 Å². The zero-order valence-electron chi connectivity index (χ0n) is 9.67. The zero-order chi connectivity index (χ0) is 11.1. The van der Waals surface area contributed by atoms with E-state index in [0.29, 0.717) is 11.8 Å². The van der Waals surface area contributed by atoms with Crippen molar-refractivity contribution in [2.75, 3.05) is 18.4 Å². The molecule has 0 aliphatic heterocycles. The molecule has 0 aromatic rings. The Bertz CT molecular complexity index is 184. The average molecular weight is 276 g/mol. The third-order valence-corrected chi connectivity index (χ3v) is 3.47. The highest BCUT2D eigenvalue weighted by atomic mass is 79.9. The van der Waals surface area contributed by atoms with E-state index in [2.05, 4.69) is 22.9 Å². The maximum atomic E-state index is 12.2. The first-order valence-corrected chi connectivity index (χ1v) is 7.26. The molecule has 0 aromatic carbocycles. The van der Waals surface area contributed by atoms with Crippen molar-refractivity contribution in [3.8, 4) is 0 Å². The van der Waals surface area contributed by atoms with Gasteiger partial charge in [0.25, 0.3) is 0 Å². The summed E-state index contributed by atoms with van der Waals surface area (Å²) in [5.41, 5.74) is 0. The number of alkyl halides is 1. The summed E-state index contributed by atoms with van der Waals surface area (Å²) in [5, 5.41) is 0.894. The van der Waals surface area contributed by atoms with E-state index >= 15 is 0 Å². The number of rotatable bonds is 5. The molecule has 15 heavy (non-hydrogen) atoms. The van der Waals surface area contributed by atoms with Crippen LogP contribution in [0.15, 0.2) is 0 Å². The molecule has 1 amide bonds. The first kappa shape index (κ1) is 13.0. The predicted octanol–water partition coefficient (Wildman–Crippen LogP) is 3.20. The topological polar surface area (TPSA) is 20.3 Å². The molecule has 1 saturated carbocycles. The van der Waals surface area contributed by atoms with Crippen molar-refractivity contribution in [3.63, 3.8) is 0 Å². The lowest BCUT2D eigenvalue weighted by Gasteiger charge is -2.28. The second-order valence-electron chi connectivity index (χ2n) is 4.35. The predicted molar refractivity (Wildman–Crippen MR) is 67.2 cm³/mol. The van der Waals surface area contributed by atoms with Gasteiger partial charge in [-0.2, -0.15) is 0 Å². The van der Waals surface area contributed by atoms with Crippen molar-refractivity contribution in [1.29, 1.82) is 0 Å². The van der Waals surface area contributed by atoms with Gasteiger partial charge in [0, 0.05) is 24.3 Å². The highest BCUT2D eigenvalue weighted by molar-refractivity contribution is 9.09. The lowest BCUT2D eigenvalue weighted by Crippen LogP contribution is -2.38. The summed E-state index contributed by atoms with van der Waals surface area (Å²) in [4.78, 5) is 14.2. The molecule has 2 nitrogen and oxygen atoms in total. The Kier molecular flexibility index (Phi) is 6.30. The SMILES string of the molecule is CCCN(CCBr)C(=O)C1CCCCC1. The summed E-state index contributed by atoms with van der Waals surface area (Å²) >= 11 is 3.42. The van der Waals surface area contributed by atoms with Crippen molar-refractivity contribution in [2.24, 2.45) is 5.92 Å². The second-order valence-corrected chi connectivity index (χ2v) is 5.14. The quantitative estimate of drug-likeness (QED) is 0.706.